The van der Waals surface area contributed by atoms with E-state index in [1.54, 1.807) is 6.92 Å². The Morgan fingerprint density at radius 1 is 1.33 bits per heavy atom. The smallest absolute Gasteiger partial charge is 0.302 e. The van der Waals surface area contributed by atoms with Gasteiger partial charge in [-0.3, -0.25) is 9.59 Å². The van der Waals surface area contributed by atoms with E-state index < -0.39 is 0 Å². The minimum atomic E-state index is -0.386. The van der Waals surface area contributed by atoms with Gasteiger partial charge in [-0.15, -0.1) is 0 Å². The lowest BCUT2D eigenvalue weighted by Crippen LogP contribution is -2.37. The Kier molecular flexibility index (Phi) is 7.52. The summed E-state index contributed by atoms with van der Waals surface area (Å²) in [5, 5.41) is 8.99. The zero-order valence-corrected chi connectivity index (χ0v) is 15.4. The standard InChI is InChI=1S/C12H22O2.C7H8O3/c1-9(13)14-11-8-6-5-7-10(11)12(2,3)4;1-2-6-7(9)5(8)3-4-10-6/h10-11H,5-8H2,1-4H3;3-4,9H,2H2,1H3. The van der Waals surface area contributed by atoms with Crippen LogP contribution in [-0.2, 0) is 16.0 Å². The second-order valence-corrected chi connectivity index (χ2v) is 7.32. The Balaban J connectivity index is 0.000000254. The summed E-state index contributed by atoms with van der Waals surface area (Å²) in [6, 6.07) is 1.19. The number of carbonyl (C=O) groups is 1. The molecule has 2 atom stereocenters. The molecule has 5 heteroatoms. The molecular weight excluding hydrogens is 308 g/mol. The quantitative estimate of drug-likeness (QED) is 0.823. The third-order valence-electron chi connectivity index (χ3n) is 4.38. The molecule has 1 aliphatic carbocycles. The van der Waals surface area contributed by atoms with E-state index in [4.69, 9.17) is 14.3 Å². The number of aryl methyl sites for hydroxylation is 1. The molecule has 1 aromatic rings. The Hall–Kier alpha value is -1.78. The number of hydrogen-bond acceptors (Lipinski definition) is 5. The first kappa shape index (κ1) is 20.3. The molecule has 0 amide bonds. The third kappa shape index (κ3) is 6.02. The van der Waals surface area contributed by atoms with Gasteiger partial charge in [0, 0.05) is 25.3 Å². The van der Waals surface area contributed by atoms with Crippen molar-refractivity contribution in [3.05, 3.63) is 28.3 Å². The average molecular weight is 338 g/mol. The van der Waals surface area contributed by atoms with E-state index in [2.05, 4.69) is 20.8 Å². The Labute approximate surface area is 144 Å². The summed E-state index contributed by atoms with van der Waals surface area (Å²) in [5.74, 6) is 0.462. The fourth-order valence-corrected chi connectivity index (χ4v) is 3.14. The van der Waals surface area contributed by atoms with Crippen LogP contribution in [0.5, 0.6) is 5.75 Å². The molecule has 1 aliphatic rings. The van der Waals surface area contributed by atoms with E-state index in [9.17, 15) is 9.59 Å². The summed E-state index contributed by atoms with van der Waals surface area (Å²) >= 11 is 0. The first-order valence-electron chi connectivity index (χ1n) is 8.63. The molecule has 1 heterocycles. The van der Waals surface area contributed by atoms with Crippen LogP contribution in [0.3, 0.4) is 0 Å². The minimum absolute atomic E-state index is 0.133. The summed E-state index contributed by atoms with van der Waals surface area (Å²) in [4.78, 5) is 21.7. The molecule has 0 spiro atoms. The summed E-state index contributed by atoms with van der Waals surface area (Å²) in [6.07, 6.45) is 6.68. The molecule has 1 aromatic heterocycles. The molecule has 0 aromatic carbocycles. The van der Waals surface area contributed by atoms with Crippen molar-refractivity contribution < 1.29 is 19.1 Å². The van der Waals surface area contributed by atoms with Gasteiger partial charge in [0.05, 0.1) is 6.26 Å². The van der Waals surface area contributed by atoms with Crippen molar-refractivity contribution in [3.8, 4) is 5.75 Å². The highest BCUT2D eigenvalue weighted by molar-refractivity contribution is 5.66. The zero-order valence-electron chi connectivity index (χ0n) is 15.4. The van der Waals surface area contributed by atoms with Gasteiger partial charge in [-0.2, -0.15) is 0 Å². The molecular formula is C19H30O5. The molecule has 0 saturated heterocycles. The van der Waals surface area contributed by atoms with Gasteiger partial charge in [0.2, 0.25) is 11.2 Å². The van der Waals surface area contributed by atoms with E-state index in [0.717, 1.165) is 6.42 Å². The van der Waals surface area contributed by atoms with Crippen LogP contribution in [0.15, 0.2) is 21.5 Å². The van der Waals surface area contributed by atoms with Gasteiger partial charge in [-0.05, 0) is 24.7 Å². The monoisotopic (exact) mass is 338 g/mol. The topological polar surface area (TPSA) is 76.7 Å². The Morgan fingerprint density at radius 3 is 2.46 bits per heavy atom. The van der Waals surface area contributed by atoms with E-state index >= 15 is 0 Å². The second kappa shape index (κ2) is 8.90. The predicted molar refractivity (Wildman–Crippen MR) is 93.0 cm³/mol. The van der Waals surface area contributed by atoms with Crippen LogP contribution in [0, 0.1) is 11.3 Å². The van der Waals surface area contributed by atoms with Gasteiger partial charge in [0.15, 0.2) is 0 Å². The molecule has 1 N–H and O–H groups in total. The molecule has 1 saturated carbocycles. The predicted octanol–water partition coefficient (Wildman–Crippen LogP) is 4.06. The van der Waals surface area contributed by atoms with E-state index in [1.165, 1.54) is 38.5 Å². The fourth-order valence-electron chi connectivity index (χ4n) is 3.14. The summed E-state index contributed by atoms with van der Waals surface area (Å²) in [6.45, 7) is 10.0. The second-order valence-electron chi connectivity index (χ2n) is 7.32. The van der Waals surface area contributed by atoms with Gasteiger partial charge >= 0.3 is 5.97 Å². The Morgan fingerprint density at radius 2 is 1.96 bits per heavy atom. The van der Waals surface area contributed by atoms with E-state index in [-0.39, 0.29) is 28.7 Å². The molecule has 1 fully saturated rings. The van der Waals surface area contributed by atoms with Gasteiger partial charge in [-0.25, -0.2) is 0 Å². The lowest BCUT2D eigenvalue weighted by atomic mass is 9.71. The van der Waals surface area contributed by atoms with Crippen LogP contribution in [0.2, 0.25) is 0 Å². The van der Waals surface area contributed by atoms with Crippen LogP contribution in [0.4, 0.5) is 0 Å². The Bertz CT molecular complexity index is 582. The van der Waals surface area contributed by atoms with Crippen molar-refractivity contribution in [2.24, 2.45) is 11.3 Å². The van der Waals surface area contributed by atoms with Crippen molar-refractivity contribution in [2.75, 3.05) is 0 Å². The summed E-state index contributed by atoms with van der Waals surface area (Å²) in [5.41, 5.74) is -0.135. The summed E-state index contributed by atoms with van der Waals surface area (Å²) in [7, 11) is 0. The molecule has 0 aliphatic heterocycles. The highest BCUT2D eigenvalue weighted by atomic mass is 16.5. The van der Waals surface area contributed by atoms with E-state index in [0.29, 0.717) is 18.1 Å². The van der Waals surface area contributed by atoms with Crippen LogP contribution in [0.25, 0.3) is 0 Å². The van der Waals surface area contributed by atoms with Gasteiger partial charge < -0.3 is 14.3 Å². The number of carbonyl (C=O) groups excluding carboxylic acids is 1. The molecule has 2 rings (SSSR count). The van der Waals surface area contributed by atoms with Gasteiger partial charge in [-0.1, -0.05) is 34.1 Å². The van der Waals surface area contributed by atoms with Crippen molar-refractivity contribution in [2.45, 2.75) is 72.8 Å². The molecule has 2 unspecified atom stereocenters. The molecule has 136 valence electrons. The fraction of sp³-hybridized carbons (Fsp3) is 0.684. The van der Waals surface area contributed by atoms with Crippen LogP contribution in [-0.4, -0.2) is 17.2 Å². The lowest BCUT2D eigenvalue weighted by Gasteiger charge is -2.39. The van der Waals surface area contributed by atoms with Crippen molar-refractivity contribution in [3.63, 3.8) is 0 Å². The first-order chi connectivity index (χ1) is 11.2. The normalized spacial score (nSPS) is 20.7. The highest BCUT2D eigenvalue weighted by Gasteiger charge is 2.35. The maximum absolute atomic E-state index is 11.0. The molecule has 0 bridgehead atoms. The molecule has 5 nitrogen and oxygen atoms in total. The van der Waals surface area contributed by atoms with Crippen LogP contribution >= 0.6 is 0 Å². The number of ether oxygens (including phenoxy) is 1. The SMILES string of the molecule is CC(=O)OC1CCCCC1C(C)(C)C.CCc1occc(=O)c1O. The maximum atomic E-state index is 11.0. The van der Waals surface area contributed by atoms with E-state index in [1.807, 2.05) is 0 Å². The van der Waals surface area contributed by atoms with Crippen LogP contribution in [0.1, 0.15) is 66.1 Å². The minimum Gasteiger partial charge on any atom is -0.502 e. The lowest BCUT2D eigenvalue weighted by molar-refractivity contribution is -0.153. The van der Waals surface area contributed by atoms with Crippen molar-refractivity contribution >= 4 is 5.97 Å². The molecule has 0 radical (unpaired) electrons. The number of hydrogen-bond donors (Lipinski definition) is 1. The number of esters is 1. The van der Waals surface area contributed by atoms with Crippen LogP contribution < -0.4 is 5.43 Å². The summed E-state index contributed by atoms with van der Waals surface area (Å²) < 4.78 is 10.2. The van der Waals surface area contributed by atoms with Gasteiger partial charge in [0.25, 0.3) is 0 Å². The average Bonchev–Trinajstić information content (AvgIpc) is 2.49. The van der Waals surface area contributed by atoms with Crippen molar-refractivity contribution in [1.29, 1.82) is 0 Å². The largest absolute Gasteiger partial charge is 0.502 e. The van der Waals surface area contributed by atoms with Crippen molar-refractivity contribution in [1.82, 2.24) is 0 Å². The number of aromatic hydroxyl groups is 1. The third-order valence-corrected chi connectivity index (χ3v) is 4.38. The maximum Gasteiger partial charge on any atom is 0.302 e. The number of rotatable bonds is 2. The highest BCUT2D eigenvalue weighted by Crippen LogP contribution is 2.39. The van der Waals surface area contributed by atoms with Gasteiger partial charge in [0.1, 0.15) is 11.9 Å². The zero-order chi connectivity index (χ0) is 18.3. The molecule has 24 heavy (non-hydrogen) atoms. The first-order valence-corrected chi connectivity index (χ1v) is 8.63.